The SMILES string of the molecule is CC1CC2C(=O)N(CCC(=O)N3CCNCC3)C(=O)C2C1. The third kappa shape index (κ3) is 2.69. The number of fused-ring (bicyclic) bond motifs is 1. The minimum absolute atomic E-state index is 0.0440. The normalized spacial score (nSPS) is 32.7. The number of amides is 3. The maximum Gasteiger partial charge on any atom is 0.233 e. The topological polar surface area (TPSA) is 69.7 Å². The number of nitrogens with one attached hydrogen (secondary N) is 1. The van der Waals surface area contributed by atoms with E-state index in [2.05, 4.69) is 12.2 Å². The van der Waals surface area contributed by atoms with Crippen molar-refractivity contribution in [3.63, 3.8) is 0 Å². The third-order valence-electron chi connectivity index (χ3n) is 4.98. The fourth-order valence-corrected chi connectivity index (χ4v) is 3.85. The zero-order valence-electron chi connectivity index (χ0n) is 12.5. The first-order chi connectivity index (χ1) is 10.1. The van der Waals surface area contributed by atoms with E-state index in [1.54, 1.807) is 0 Å². The van der Waals surface area contributed by atoms with E-state index in [-0.39, 0.29) is 42.5 Å². The molecule has 0 aromatic carbocycles. The lowest BCUT2D eigenvalue weighted by Crippen LogP contribution is -2.47. The van der Waals surface area contributed by atoms with Gasteiger partial charge in [-0.25, -0.2) is 0 Å². The molecule has 2 atom stereocenters. The first-order valence-corrected chi connectivity index (χ1v) is 7.91. The Morgan fingerprint density at radius 3 is 2.29 bits per heavy atom. The summed E-state index contributed by atoms with van der Waals surface area (Å²) >= 11 is 0. The number of nitrogens with zero attached hydrogens (tertiary/aromatic N) is 2. The first-order valence-electron chi connectivity index (χ1n) is 7.91. The summed E-state index contributed by atoms with van der Waals surface area (Å²) in [7, 11) is 0. The summed E-state index contributed by atoms with van der Waals surface area (Å²) in [5, 5.41) is 3.20. The number of carbonyl (C=O) groups excluding carboxylic acids is 3. The monoisotopic (exact) mass is 293 g/mol. The molecule has 2 heterocycles. The fourth-order valence-electron chi connectivity index (χ4n) is 3.85. The van der Waals surface area contributed by atoms with Crippen LogP contribution in [0, 0.1) is 17.8 Å². The molecule has 3 amide bonds. The van der Waals surface area contributed by atoms with Crippen LogP contribution < -0.4 is 5.32 Å². The molecule has 3 fully saturated rings. The van der Waals surface area contributed by atoms with Gasteiger partial charge >= 0.3 is 0 Å². The lowest BCUT2D eigenvalue weighted by molar-refractivity contribution is -0.141. The van der Waals surface area contributed by atoms with Crippen molar-refractivity contribution >= 4 is 17.7 Å². The highest BCUT2D eigenvalue weighted by molar-refractivity contribution is 6.05. The highest BCUT2D eigenvalue weighted by Crippen LogP contribution is 2.42. The lowest BCUT2D eigenvalue weighted by atomic mass is 10.00. The summed E-state index contributed by atoms with van der Waals surface area (Å²) in [6.45, 7) is 5.40. The summed E-state index contributed by atoms with van der Waals surface area (Å²) in [4.78, 5) is 39.9. The Kier molecular flexibility index (Phi) is 3.97. The first kappa shape index (κ1) is 14.5. The lowest BCUT2D eigenvalue weighted by Gasteiger charge is -2.28. The average Bonchev–Trinajstić information content (AvgIpc) is 2.97. The van der Waals surface area contributed by atoms with Gasteiger partial charge in [-0.1, -0.05) is 6.92 Å². The summed E-state index contributed by atoms with van der Waals surface area (Å²) in [6, 6.07) is 0. The minimum Gasteiger partial charge on any atom is -0.340 e. The van der Waals surface area contributed by atoms with Crippen molar-refractivity contribution < 1.29 is 14.4 Å². The van der Waals surface area contributed by atoms with Crippen LogP contribution in [-0.4, -0.2) is 60.2 Å². The predicted octanol–water partition coefficient (Wildman–Crippen LogP) is -0.161. The largest absolute Gasteiger partial charge is 0.340 e. The molecule has 0 aromatic rings. The molecule has 1 aliphatic carbocycles. The number of rotatable bonds is 3. The van der Waals surface area contributed by atoms with E-state index in [1.165, 1.54) is 4.90 Å². The molecule has 6 heteroatoms. The standard InChI is InChI=1S/C15H23N3O3/c1-10-8-11-12(9-10)15(21)18(14(11)20)5-2-13(19)17-6-3-16-4-7-17/h10-12,16H,2-9H2,1H3. The second-order valence-corrected chi connectivity index (χ2v) is 6.50. The van der Waals surface area contributed by atoms with Crippen LogP contribution >= 0.6 is 0 Å². The molecule has 0 bridgehead atoms. The predicted molar refractivity (Wildman–Crippen MR) is 76.2 cm³/mol. The molecule has 116 valence electrons. The number of hydrogen-bond acceptors (Lipinski definition) is 4. The van der Waals surface area contributed by atoms with Crippen molar-refractivity contribution in [3.05, 3.63) is 0 Å². The molecule has 2 saturated heterocycles. The van der Waals surface area contributed by atoms with E-state index < -0.39 is 0 Å². The molecule has 21 heavy (non-hydrogen) atoms. The summed E-state index contributed by atoms with van der Waals surface area (Å²) in [6.07, 6.45) is 1.89. The second-order valence-electron chi connectivity index (χ2n) is 6.50. The quantitative estimate of drug-likeness (QED) is 0.734. The number of piperazine rings is 1. The van der Waals surface area contributed by atoms with Gasteiger partial charge in [-0.15, -0.1) is 0 Å². The van der Waals surface area contributed by atoms with Gasteiger partial charge in [0.2, 0.25) is 17.7 Å². The number of imide groups is 1. The number of likely N-dealkylation sites (tertiary alicyclic amines) is 1. The Balaban J connectivity index is 1.55. The van der Waals surface area contributed by atoms with Gasteiger partial charge in [0.1, 0.15) is 0 Å². The zero-order chi connectivity index (χ0) is 15.0. The third-order valence-corrected chi connectivity index (χ3v) is 4.98. The Morgan fingerprint density at radius 2 is 1.71 bits per heavy atom. The van der Waals surface area contributed by atoms with Gasteiger partial charge in [0.15, 0.2) is 0 Å². The van der Waals surface area contributed by atoms with Crippen LogP contribution in [0.4, 0.5) is 0 Å². The molecule has 1 saturated carbocycles. The maximum absolute atomic E-state index is 12.3. The van der Waals surface area contributed by atoms with Crippen molar-refractivity contribution in [2.45, 2.75) is 26.2 Å². The van der Waals surface area contributed by atoms with Crippen molar-refractivity contribution in [1.29, 1.82) is 0 Å². The van der Waals surface area contributed by atoms with E-state index >= 15 is 0 Å². The molecule has 6 nitrogen and oxygen atoms in total. The Morgan fingerprint density at radius 1 is 1.14 bits per heavy atom. The van der Waals surface area contributed by atoms with E-state index in [1.807, 2.05) is 4.90 Å². The van der Waals surface area contributed by atoms with Crippen LogP contribution in [0.1, 0.15) is 26.2 Å². The van der Waals surface area contributed by atoms with E-state index in [0.29, 0.717) is 19.0 Å². The molecule has 0 spiro atoms. The van der Waals surface area contributed by atoms with Gasteiger partial charge in [-0.3, -0.25) is 19.3 Å². The van der Waals surface area contributed by atoms with Crippen molar-refractivity contribution in [1.82, 2.24) is 15.1 Å². The number of hydrogen-bond donors (Lipinski definition) is 1. The van der Waals surface area contributed by atoms with Crippen LogP contribution in [0.5, 0.6) is 0 Å². The van der Waals surface area contributed by atoms with Gasteiger partial charge in [0, 0.05) is 39.1 Å². The molecule has 2 aliphatic heterocycles. The van der Waals surface area contributed by atoms with Crippen molar-refractivity contribution in [2.24, 2.45) is 17.8 Å². The molecule has 0 aromatic heterocycles. The second kappa shape index (κ2) is 5.75. The Bertz CT molecular complexity index is 435. The molecule has 2 unspecified atom stereocenters. The van der Waals surface area contributed by atoms with Gasteiger partial charge in [0.25, 0.3) is 0 Å². The van der Waals surface area contributed by atoms with Crippen LogP contribution in [-0.2, 0) is 14.4 Å². The Labute approximate surface area is 124 Å². The highest BCUT2D eigenvalue weighted by Gasteiger charge is 2.51. The fraction of sp³-hybridized carbons (Fsp3) is 0.800. The Hall–Kier alpha value is -1.43. The van der Waals surface area contributed by atoms with Gasteiger partial charge in [0.05, 0.1) is 11.8 Å². The average molecular weight is 293 g/mol. The van der Waals surface area contributed by atoms with Crippen LogP contribution in [0.25, 0.3) is 0 Å². The summed E-state index contributed by atoms with van der Waals surface area (Å²) < 4.78 is 0. The minimum atomic E-state index is -0.123. The van der Waals surface area contributed by atoms with Gasteiger partial charge in [-0.2, -0.15) is 0 Å². The summed E-state index contributed by atoms with van der Waals surface area (Å²) in [5.74, 6) is 0.147. The highest BCUT2D eigenvalue weighted by atomic mass is 16.2. The maximum atomic E-state index is 12.3. The van der Waals surface area contributed by atoms with E-state index in [0.717, 1.165) is 25.9 Å². The smallest absolute Gasteiger partial charge is 0.233 e. The van der Waals surface area contributed by atoms with Gasteiger partial charge < -0.3 is 10.2 Å². The molecular formula is C15H23N3O3. The molecule has 3 aliphatic rings. The van der Waals surface area contributed by atoms with Crippen molar-refractivity contribution in [2.75, 3.05) is 32.7 Å². The van der Waals surface area contributed by atoms with Crippen molar-refractivity contribution in [3.8, 4) is 0 Å². The molecule has 3 rings (SSSR count). The van der Waals surface area contributed by atoms with Gasteiger partial charge in [-0.05, 0) is 18.8 Å². The van der Waals surface area contributed by atoms with Crippen LogP contribution in [0.3, 0.4) is 0 Å². The number of carbonyl (C=O) groups is 3. The zero-order valence-corrected chi connectivity index (χ0v) is 12.5. The van der Waals surface area contributed by atoms with E-state index in [4.69, 9.17) is 0 Å². The molecular weight excluding hydrogens is 270 g/mol. The van der Waals surface area contributed by atoms with Crippen LogP contribution in [0.2, 0.25) is 0 Å². The molecule has 1 N–H and O–H groups in total. The molecule has 0 radical (unpaired) electrons. The van der Waals surface area contributed by atoms with E-state index in [9.17, 15) is 14.4 Å². The van der Waals surface area contributed by atoms with Crippen LogP contribution in [0.15, 0.2) is 0 Å². The summed E-state index contributed by atoms with van der Waals surface area (Å²) in [5.41, 5.74) is 0.